The molecule has 0 spiro atoms. The molecule has 0 saturated carbocycles. The van der Waals surface area contributed by atoms with Crippen LogP contribution in [0.5, 0.6) is 0 Å². The second-order valence-electron chi connectivity index (χ2n) is 7.10. The molecule has 0 aromatic heterocycles. The molecule has 0 fully saturated rings. The quantitative estimate of drug-likeness (QED) is 0.742. The Hall–Kier alpha value is -0.380. The number of amides is 2. The minimum atomic E-state index is -0.0936. The molecule has 0 rings (SSSR count). The fourth-order valence-corrected chi connectivity index (χ4v) is 1.93. The number of alkyl halides is 1. The Morgan fingerprint density at radius 2 is 1.22 bits per heavy atom. The summed E-state index contributed by atoms with van der Waals surface area (Å²) in [5.41, 5.74) is -0.187. The van der Waals surface area contributed by atoms with E-state index in [-0.39, 0.29) is 22.6 Å². The third-order valence-electron chi connectivity index (χ3n) is 2.27. The molecule has 0 aliphatic rings. The van der Waals surface area contributed by atoms with Gasteiger partial charge in [-0.2, -0.15) is 0 Å². The molecular weight excluding hydrogens is 294 g/mol. The first-order valence-electron chi connectivity index (χ1n) is 6.35. The van der Waals surface area contributed by atoms with Gasteiger partial charge >= 0.3 is 0 Å². The lowest BCUT2D eigenvalue weighted by molar-refractivity contribution is -0.146. The van der Waals surface area contributed by atoms with Gasteiger partial charge in [0.25, 0.3) is 0 Å². The van der Waals surface area contributed by atoms with Gasteiger partial charge in [0.05, 0.1) is 0 Å². The third-order valence-corrected chi connectivity index (χ3v) is 2.63. The van der Waals surface area contributed by atoms with Crippen LogP contribution in [0.4, 0.5) is 0 Å². The van der Waals surface area contributed by atoms with Gasteiger partial charge < -0.3 is 0 Å². The van der Waals surface area contributed by atoms with Crippen molar-refractivity contribution in [2.45, 2.75) is 54.4 Å². The van der Waals surface area contributed by atoms with Crippen LogP contribution in [0.3, 0.4) is 0 Å². The number of imide groups is 1. The van der Waals surface area contributed by atoms with Gasteiger partial charge in [-0.05, 0) is 10.8 Å². The predicted molar refractivity (Wildman–Crippen MR) is 78.7 cm³/mol. The van der Waals surface area contributed by atoms with E-state index in [1.807, 2.05) is 41.5 Å². The molecule has 0 bridgehead atoms. The van der Waals surface area contributed by atoms with Crippen molar-refractivity contribution in [1.82, 2.24) is 4.90 Å². The number of hydrogen-bond acceptors (Lipinski definition) is 2. The molecule has 0 saturated heterocycles. The molecular formula is C14H26BrNO2. The average molecular weight is 320 g/mol. The first-order valence-corrected chi connectivity index (χ1v) is 7.47. The summed E-state index contributed by atoms with van der Waals surface area (Å²) in [7, 11) is 0. The third kappa shape index (κ3) is 7.85. The van der Waals surface area contributed by atoms with E-state index >= 15 is 0 Å². The molecule has 0 radical (unpaired) electrons. The van der Waals surface area contributed by atoms with Crippen molar-refractivity contribution in [3.8, 4) is 0 Å². The first-order chi connectivity index (χ1) is 7.96. The molecule has 0 atom stereocenters. The maximum absolute atomic E-state index is 12.2. The Bertz CT molecular complexity index is 272. The molecule has 18 heavy (non-hydrogen) atoms. The van der Waals surface area contributed by atoms with E-state index in [1.54, 1.807) is 0 Å². The number of hydrogen-bond donors (Lipinski definition) is 0. The highest BCUT2D eigenvalue weighted by atomic mass is 79.9. The maximum atomic E-state index is 12.2. The van der Waals surface area contributed by atoms with Gasteiger partial charge in [0.1, 0.15) is 0 Å². The molecule has 2 amide bonds. The van der Waals surface area contributed by atoms with Gasteiger partial charge in [-0.25, -0.2) is 0 Å². The standard InChI is InChI=1S/C14H26BrNO2/c1-13(2,3)9-11(17)16(8-7-15)12(18)10-14(4,5)6/h7-10H2,1-6H3. The van der Waals surface area contributed by atoms with Crippen LogP contribution >= 0.6 is 15.9 Å². The van der Waals surface area contributed by atoms with Gasteiger partial charge in [-0.3, -0.25) is 14.5 Å². The van der Waals surface area contributed by atoms with Crippen molar-refractivity contribution in [3.63, 3.8) is 0 Å². The van der Waals surface area contributed by atoms with E-state index in [1.165, 1.54) is 4.90 Å². The minimum Gasteiger partial charge on any atom is -0.282 e. The van der Waals surface area contributed by atoms with Crippen LogP contribution in [0.25, 0.3) is 0 Å². The number of rotatable bonds is 4. The zero-order chi connectivity index (χ0) is 14.6. The first kappa shape index (κ1) is 17.6. The van der Waals surface area contributed by atoms with Crippen LogP contribution in [0.2, 0.25) is 0 Å². The van der Waals surface area contributed by atoms with Crippen molar-refractivity contribution >= 4 is 27.7 Å². The van der Waals surface area contributed by atoms with Crippen LogP contribution in [0, 0.1) is 10.8 Å². The van der Waals surface area contributed by atoms with Crippen LogP contribution in [-0.4, -0.2) is 28.6 Å². The van der Waals surface area contributed by atoms with Crippen molar-refractivity contribution < 1.29 is 9.59 Å². The Morgan fingerprint density at radius 1 is 0.889 bits per heavy atom. The van der Waals surface area contributed by atoms with E-state index in [4.69, 9.17) is 0 Å². The molecule has 4 heteroatoms. The summed E-state index contributed by atoms with van der Waals surface area (Å²) in [5, 5.41) is 0.624. The lowest BCUT2D eigenvalue weighted by Gasteiger charge is -2.27. The Labute approximate surface area is 119 Å². The highest BCUT2D eigenvalue weighted by molar-refractivity contribution is 9.09. The second-order valence-corrected chi connectivity index (χ2v) is 7.90. The fraction of sp³-hybridized carbons (Fsp3) is 0.857. The summed E-state index contributed by atoms with van der Waals surface area (Å²) < 4.78 is 0. The smallest absolute Gasteiger partial charge is 0.229 e. The van der Waals surface area contributed by atoms with Gasteiger partial charge in [-0.15, -0.1) is 0 Å². The largest absolute Gasteiger partial charge is 0.282 e. The molecule has 0 N–H and O–H groups in total. The second kappa shape index (κ2) is 6.69. The van der Waals surface area contributed by atoms with E-state index in [9.17, 15) is 9.59 Å². The topological polar surface area (TPSA) is 37.4 Å². The van der Waals surface area contributed by atoms with E-state index in [0.29, 0.717) is 24.7 Å². The van der Waals surface area contributed by atoms with Crippen LogP contribution in [0.15, 0.2) is 0 Å². The highest BCUT2D eigenvalue weighted by Crippen LogP contribution is 2.23. The summed E-state index contributed by atoms with van der Waals surface area (Å²) in [6.45, 7) is 12.5. The van der Waals surface area contributed by atoms with E-state index in [2.05, 4.69) is 15.9 Å². The van der Waals surface area contributed by atoms with Crippen molar-refractivity contribution in [2.24, 2.45) is 10.8 Å². The Kier molecular flexibility index (Phi) is 6.55. The van der Waals surface area contributed by atoms with Crippen molar-refractivity contribution in [3.05, 3.63) is 0 Å². The number of halogens is 1. The Balaban J connectivity index is 4.75. The van der Waals surface area contributed by atoms with E-state index < -0.39 is 0 Å². The van der Waals surface area contributed by atoms with Crippen molar-refractivity contribution in [1.29, 1.82) is 0 Å². The average Bonchev–Trinajstić information content (AvgIpc) is 2.07. The van der Waals surface area contributed by atoms with Crippen LogP contribution in [-0.2, 0) is 9.59 Å². The van der Waals surface area contributed by atoms with Gasteiger partial charge in [0.2, 0.25) is 11.8 Å². The van der Waals surface area contributed by atoms with Crippen LogP contribution < -0.4 is 0 Å². The van der Waals surface area contributed by atoms with Crippen molar-refractivity contribution in [2.75, 3.05) is 11.9 Å². The highest BCUT2D eigenvalue weighted by Gasteiger charge is 2.27. The number of nitrogens with zero attached hydrogens (tertiary/aromatic N) is 1. The normalized spacial score (nSPS) is 12.4. The number of carbonyl (C=O) groups excluding carboxylic acids is 2. The van der Waals surface area contributed by atoms with Gasteiger partial charge in [0.15, 0.2) is 0 Å². The van der Waals surface area contributed by atoms with Crippen LogP contribution in [0.1, 0.15) is 54.4 Å². The fourth-order valence-electron chi connectivity index (χ4n) is 1.57. The molecule has 0 aromatic rings. The number of carbonyl (C=O) groups is 2. The summed E-state index contributed by atoms with van der Waals surface area (Å²) >= 11 is 3.30. The molecule has 0 aromatic carbocycles. The molecule has 3 nitrogen and oxygen atoms in total. The molecule has 106 valence electrons. The zero-order valence-electron chi connectivity index (χ0n) is 12.5. The lowest BCUT2D eigenvalue weighted by atomic mass is 9.90. The summed E-state index contributed by atoms with van der Waals surface area (Å²) in [6.07, 6.45) is 0.797. The summed E-state index contributed by atoms with van der Waals surface area (Å²) in [6, 6.07) is 0. The molecule has 0 aliphatic carbocycles. The summed E-state index contributed by atoms with van der Waals surface area (Å²) in [4.78, 5) is 25.7. The molecule has 0 aliphatic heterocycles. The van der Waals surface area contributed by atoms with E-state index in [0.717, 1.165) is 0 Å². The Morgan fingerprint density at radius 3 is 1.44 bits per heavy atom. The predicted octanol–water partition coefficient (Wildman–Crippen LogP) is 3.61. The maximum Gasteiger partial charge on any atom is 0.229 e. The van der Waals surface area contributed by atoms with Gasteiger partial charge in [0, 0.05) is 24.7 Å². The molecule has 0 heterocycles. The monoisotopic (exact) mass is 319 g/mol. The zero-order valence-corrected chi connectivity index (χ0v) is 14.1. The summed E-state index contributed by atoms with van der Waals surface area (Å²) in [5.74, 6) is -0.146. The SMILES string of the molecule is CC(C)(C)CC(=O)N(CCBr)C(=O)CC(C)(C)C. The lowest BCUT2D eigenvalue weighted by Crippen LogP contribution is -2.41. The van der Waals surface area contributed by atoms with Gasteiger partial charge in [-0.1, -0.05) is 57.5 Å². The minimum absolute atomic E-state index is 0.0730. The molecule has 0 unspecified atom stereocenters.